The van der Waals surface area contributed by atoms with Gasteiger partial charge in [0.25, 0.3) is 0 Å². The van der Waals surface area contributed by atoms with E-state index in [9.17, 15) is 13.6 Å². The first-order valence-corrected chi connectivity index (χ1v) is 9.16. The molecule has 0 heterocycles. The molecule has 7 heteroatoms. The van der Waals surface area contributed by atoms with Gasteiger partial charge in [0.05, 0.1) is 6.54 Å². The van der Waals surface area contributed by atoms with E-state index in [4.69, 9.17) is 0 Å². The van der Waals surface area contributed by atoms with Gasteiger partial charge in [0.2, 0.25) is 5.91 Å². The van der Waals surface area contributed by atoms with Gasteiger partial charge in [-0.3, -0.25) is 9.79 Å². The normalized spacial score (nSPS) is 19.2. The molecule has 0 aliphatic heterocycles. The molecule has 2 atom stereocenters. The molecular weight excluding hydrogens is 338 g/mol. The fourth-order valence-corrected chi connectivity index (χ4v) is 3.08. The Morgan fingerprint density at radius 2 is 1.85 bits per heavy atom. The molecule has 1 fully saturated rings. The average molecular weight is 366 g/mol. The molecule has 1 N–H and O–H groups in total. The van der Waals surface area contributed by atoms with Crippen molar-refractivity contribution in [1.82, 2.24) is 15.1 Å². The second-order valence-electron chi connectivity index (χ2n) is 6.45. The van der Waals surface area contributed by atoms with E-state index < -0.39 is 11.6 Å². The van der Waals surface area contributed by atoms with E-state index in [1.165, 1.54) is 18.2 Å². The number of halogens is 2. The first-order chi connectivity index (χ1) is 12.4. The standard InChI is InChI=1S/C19H28F2N4O/c1-5-22-19(24(4)12-17(26)25(6-2)7-3)23-16-11-13(16)18-14(20)9-8-10-15(18)21/h8-10,13,16H,5-7,11-12H2,1-4H3,(H,22,23). The van der Waals surface area contributed by atoms with Crippen molar-refractivity contribution in [3.63, 3.8) is 0 Å². The lowest BCUT2D eigenvalue weighted by molar-refractivity contribution is -0.131. The molecule has 2 rings (SSSR count). The minimum Gasteiger partial charge on any atom is -0.353 e. The molecule has 1 saturated carbocycles. The van der Waals surface area contributed by atoms with E-state index in [2.05, 4.69) is 10.3 Å². The highest BCUT2D eigenvalue weighted by molar-refractivity contribution is 5.86. The number of benzene rings is 1. The number of amides is 1. The SMILES string of the molecule is CCN=C(NC1CC1c1c(F)cccc1F)N(C)CC(=O)N(CC)CC. The van der Waals surface area contributed by atoms with E-state index in [1.807, 2.05) is 20.8 Å². The van der Waals surface area contributed by atoms with Gasteiger partial charge in [-0.2, -0.15) is 0 Å². The Bertz CT molecular complexity index is 641. The maximum absolute atomic E-state index is 13.9. The van der Waals surface area contributed by atoms with Gasteiger partial charge in [-0.1, -0.05) is 6.07 Å². The van der Waals surface area contributed by atoms with Gasteiger partial charge >= 0.3 is 0 Å². The summed E-state index contributed by atoms with van der Waals surface area (Å²) >= 11 is 0. The quantitative estimate of drug-likeness (QED) is 0.596. The van der Waals surface area contributed by atoms with Gasteiger partial charge in [0, 0.05) is 44.2 Å². The molecule has 0 spiro atoms. The number of nitrogens with zero attached hydrogens (tertiary/aromatic N) is 3. The van der Waals surface area contributed by atoms with Crippen LogP contribution in [0, 0.1) is 11.6 Å². The highest BCUT2D eigenvalue weighted by Crippen LogP contribution is 2.43. The smallest absolute Gasteiger partial charge is 0.242 e. The molecule has 0 aromatic heterocycles. The molecule has 0 saturated heterocycles. The monoisotopic (exact) mass is 366 g/mol. The van der Waals surface area contributed by atoms with Crippen molar-refractivity contribution in [2.24, 2.45) is 4.99 Å². The second-order valence-corrected chi connectivity index (χ2v) is 6.45. The van der Waals surface area contributed by atoms with Gasteiger partial charge in [-0.25, -0.2) is 8.78 Å². The number of carbonyl (C=O) groups is 1. The molecule has 5 nitrogen and oxygen atoms in total. The number of guanidine groups is 1. The summed E-state index contributed by atoms with van der Waals surface area (Å²) in [5, 5.41) is 3.25. The first-order valence-electron chi connectivity index (χ1n) is 9.16. The van der Waals surface area contributed by atoms with Crippen LogP contribution in [0.25, 0.3) is 0 Å². The van der Waals surface area contributed by atoms with Crippen LogP contribution in [-0.4, -0.2) is 60.9 Å². The van der Waals surface area contributed by atoms with E-state index >= 15 is 0 Å². The van der Waals surface area contributed by atoms with Gasteiger partial charge in [0.1, 0.15) is 11.6 Å². The number of aliphatic imine (C=N–C) groups is 1. The average Bonchev–Trinajstić information content (AvgIpc) is 3.34. The Kier molecular flexibility index (Phi) is 6.94. The van der Waals surface area contributed by atoms with E-state index in [1.54, 1.807) is 16.8 Å². The Morgan fingerprint density at radius 3 is 2.38 bits per heavy atom. The Balaban J connectivity index is 2.01. The van der Waals surface area contributed by atoms with Crippen molar-refractivity contribution in [2.45, 2.75) is 39.2 Å². The van der Waals surface area contributed by atoms with Crippen LogP contribution >= 0.6 is 0 Å². The van der Waals surface area contributed by atoms with Crippen LogP contribution in [0.4, 0.5) is 8.78 Å². The predicted molar refractivity (Wildman–Crippen MR) is 99.2 cm³/mol. The van der Waals surface area contributed by atoms with Crippen LogP contribution in [0.3, 0.4) is 0 Å². The summed E-state index contributed by atoms with van der Waals surface area (Å²) in [6.07, 6.45) is 0.637. The molecular formula is C19H28F2N4O. The molecule has 1 aromatic carbocycles. The van der Waals surface area contributed by atoms with Crippen LogP contribution in [0.1, 0.15) is 38.7 Å². The number of rotatable bonds is 7. The molecule has 1 aliphatic rings. The second kappa shape index (κ2) is 8.96. The lowest BCUT2D eigenvalue weighted by Gasteiger charge is -2.26. The van der Waals surface area contributed by atoms with Crippen molar-refractivity contribution in [3.05, 3.63) is 35.4 Å². The van der Waals surface area contributed by atoms with Gasteiger partial charge in [-0.05, 0) is 39.3 Å². The van der Waals surface area contributed by atoms with Crippen molar-refractivity contribution in [1.29, 1.82) is 0 Å². The van der Waals surface area contributed by atoms with Crippen molar-refractivity contribution < 1.29 is 13.6 Å². The predicted octanol–water partition coefficient (Wildman–Crippen LogP) is 2.59. The Morgan fingerprint density at radius 1 is 1.23 bits per heavy atom. The topological polar surface area (TPSA) is 47.9 Å². The summed E-state index contributed by atoms with van der Waals surface area (Å²) in [5.74, 6) is -0.644. The number of likely N-dealkylation sites (N-methyl/N-ethyl adjacent to an activating group) is 2. The summed E-state index contributed by atoms with van der Waals surface area (Å²) in [4.78, 5) is 20.2. The molecule has 0 radical (unpaired) electrons. The minimum absolute atomic E-state index is 0.0237. The number of hydrogen-bond donors (Lipinski definition) is 1. The molecule has 144 valence electrons. The summed E-state index contributed by atoms with van der Waals surface area (Å²) in [5.41, 5.74) is 0.128. The molecule has 1 aliphatic carbocycles. The summed E-state index contributed by atoms with van der Waals surface area (Å²) in [6.45, 7) is 7.87. The van der Waals surface area contributed by atoms with Gasteiger partial charge < -0.3 is 15.1 Å². The van der Waals surface area contributed by atoms with Gasteiger partial charge in [-0.15, -0.1) is 0 Å². The molecule has 26 heavy (non-hydrogen) atoms. The third kappa shape index (κ3) is 4.71. The highest BCUT2D eigenvalue weighted by Gasteiger charge is 2.42. The zero-order valence-corrected chi connectivity index (χ0v) is 15.9. The molecule has 2 unspecified atom stereocenters. The van der Waals surface area contributed by atoms with Crippen LogP contribution < -0.4 is 5.32 Å². The van der Waals surface area contributed by atoms with Gasteiger partial charge in [0.15, 0.2) is 5.96 Å². The van der Waals surface area contributed by atoms with Crippen molar-refractivity contribution in [3.8, 4) is 0 Å². The summed E-state index contributed by atoms with van der Waals surface area (Å²) in [7, 11) is 1.80. The van der Waals surface area contributed by atoms with Crippen LogP contribution in [0.15, 0.2) is 23.2 Å². The van der Waals surface area contributed by atoms with E-state index in [-0.39, 0.29) is 30.0 Å². The molecule has 0 bridgehead atoms. The van der Waals surface area contributed by atoms with Crippen LogP contribution in [-0.2, 0) is 4.79 Å². The van der Waals surface area contributed by atoms with Crippen molar-refractivity contribution in [2.75, 3.05) is 33.2 Å². The number of carbonyl (C=O) groups excluding carboxylic acids is 1. The highest BCUT2D eigenvalue weighted by atomic mass is 19.1. The summed E-state index contributed by atoms with van der Waals surface area (Å²) in [6, 6.07) is 3.85. The fourth-order valence-electron chi connectivity index (χ4n) is 3.08. The number of nitrogens with one attached hydrogen (secondary N) is 1. The van der Waals surface area contributed by atoms with Crippen LogP contribution in [0.5, 0.6) is 0 Å². The Labute approximate surface area is 154 Å². The largest absolute Gasteiger partial charge is 0.353 e. The zero-order chi connectivity index (χ0) is 19.3. The maximum atomic E-state index is 13.9. The van der Waals surface area contributed by atoms with E-state index in [0.717, 1.165) is 0 Å². The van der Waals surface area contributed by atoms with Crippen molar-refractivity contribution >= 4 is 11.9 Å². The summed E-state index contributed by atoms with van der Waals surface area (Å²) < 4.78 is 27.9. The zero-order valence-electron chi connectivity index (χ0n) is 15.9. The lowest BCUT2D eigenvalue weighted by atomic mass is 10.1. The van der Waals surface area contributed by atoms with E-state index in [0.29, 0.717) is 32.0 Å². The van der Waals surface area contributed by atoms with Crippen LogP contribution in [0.2, 0.25) is 0 Å². The third-order valence-corrected chi connectivity index (χ3v) is 4.63. The fraction of sp³-hybridized carbons (Fsp3) is 0.579. The first kappa shape index (κ1) is 20.1. The maximum Gasteiger partial charge on any atom is 0.242 e. The molecule has 1 amide bonds. The lowest BCUT2D eigenvalue weighted by Crippen LogP contribution is -2.46. The number of hydrogen-bond acceptors (Lipinski definition) is 2. The molecule has 1 aromatic rings. The third-order valence-electron chi connectivity index (χ3n) is 4.63. The minimum atomic E-state index is -0.515. The Hall–Kier alpha value is -2.18.